The monoisotopic (exact) mass is 444 g/mol. The molecule has 0 unspecified atom stereocenters. The highest BCUT2D eigenvalue weighted by atomic mass is 16.5. The molecule has 2 saturated heterocycles. The Morgan fingerprint density at radius 1 is 1.22 bits per heavy atom. The molecular weight excluding hydrogens is 408 g/mol. The molecule has 3 amide bonds. The van der Waals surface area contributed by atoms with Gasteiger partial charge in [0, 0.05) is 25.4 Å². The van der Waals surface area contributed by atoms with Crippen molar-refractivity contribution >= 4 is 17.7 Å². The van der Waals surface area contributed by atoms with Crippen LogP contribution in [-0.4, -0.2) is 59.5 Å². The van der Waals surface area contributed by atoms with Crippen LogP contribution in [0.5, 0.6) is 0 Å². The van der Waals surface area contributed by atoms with Crippen molar-refractivity contribution in [2.75, 3.05) is 19.6 Å². The molecule has 4 N–H and O–H groups in total. The van der Waals surface area contributed by atoms with Gasteiger partial charge in [-0.1, -0.05) is 44.2 Å². The minimum atomic E-state index is -0.898. The first-order chi connectivity index (χ1) is 15.3. The zero-order chi connectivity index (χ0) is 23.1. The number of carbonyl (C=O) groups excluding carboxylic acids is 3. The molecule has 2 aliphatic heterocycles. The van der Waals surface area contributed by atoms with Crippen molar-refractivity contribution in [1.82, 2.24) is 21.0 Å². The van der Waals surface area contributed by atoms with Crippen LogP contribution in [0.2, 0.25) is 0 Å². The average Bonchev–Trinajstić information content (AvgIpc) is 3.08. The largest absolute Gasteiger partial charge is 0.351 e. The van der Waals surface area contributed by atoms with Gasteiger partial charge in [0.1, 0.15) is 6.04 Å². The number of hydroxylamine groups is 1. The van der Waals surface area contributed by atoms with E-state index in [9.17, 15) is 14.4 Å². The number of benzene rings is 1. The van der Waals surface area contributed by atoms with Crippen LogP contribution >= 0.6 is 0 Å². The Labute approximate surface area is 190 Å². The molecule has 32 heavy (non-hydrogen) atoms. The van der Waals surface area contributed by atoms with Gasteiger partial charge in [0.05, 0.1) is 5.41 Å². The van der Waals surface area contributed by atoms with E-state index in [0.717, 1.165) is 31.5 Å². The molecular formula is C24H36N4O4. The molecule has 8 heteroatoms. The summed E-state index contributed by atoms with van der Waals surface area (Å²) in [5.74, 6) is -0.682. The van der Waals surface area contributed by atoms with E-state index < -0.39 is 17.4 Å². The number of rotatable bonds is 9. The third-order valence-electron chi connectivity index (χ3n) is 6.60. The van der Waals surface area contributed by atoms with Gasteiger partial charge in [0.25, 0.3) is 0 Å². The summed E-state index contributed by atoms with van der Waals surface area (Å²) in [6.07, 6.45) is 3.10. The van der Waals surface area contributed by atoms with E-state index in [1.54, 1.807) is 10.4 Å². The molecule has 0 radical (unpaired) electrons. The molecule has 176 valence electrons. The van der Waals surface area contributed by atoms with Crippen molar-refractivity contribution in [3.05, 3.63) is 35.9 Å². The van der Waals surface area contributed by atoms with Crippen LogP contribution in [0.25, 0.3) is 0 Å². The molecule has 1 aromatic carbocycles. The number of likely N-dealkylation sites (tertiary alicyclic amines) is 1. The average molecular weight is 445 g/mol. The third-order valence-corrected chi connectivity index (χ3v) is 6.60. The van der Waals surface area contributed by atoms with Gasteiger partial charge < -0.3 is 15.5 Å². The minimum absolute atomic E-state index is 0.0784. The molecule has 3 rings (SSSR count). The van der Waals surface area contributed by atoms with Crippen LogP contribution in [0.3, 0.4) is 0 Å². The van der Waals surface area contributed by atoms with Crippen LogP contribution < -0.4 is 16.1 Å². The second-order valence-electron chi connectivity index (χ2n) is 9.58. The van der Waals surface area contributed by atoms with Crippen molar-refractivity contribution in [2.24, 2.45) is 11.3 Å². The molecule has 2 aliphatic rings. The summed E-state index contributed by atoms with van der Waals surface area (Å²) in [6, 6.07) is 9.18. The summed E-state index contributed by atoms with van der Waals surface area (Å²) >= 11 is 0. The molecule has 8 nitrogen and oxygen atoms in total. The Morgan fingerprint density at radius 3 is 2.53 bits per heavy atom. The van der Waals surface area contributed by atoms with Gasteiger partial charge in [-0.2, -0.15) is 0 Å². The summed E-state index contributed by atoms with van der Waals surface area (Å²) in [6.45, 7) is 6.18. The summed E-state index contributed by atoms with van der Waals surface area (Å²) in [5.41, 5.74) is 1.76. The fourth-order valence-corrected chi connectivity index (χ4v) is 5.14. The molecule has 0 saturated carbocycles. The summed E-state index contributed by atoms with van der Waals surface area (Å²) < 4.78 is 0. The molecule has 2 heterocycles. The number of nitrogens with one attached hydrogen (secondary N) is 3. The van der Waals surface area contributed by atoms with Gasteiger partial charge in [0.2, 0.25) is 17.7 Å². The van der Waals surface area contributed by atoms with Gasteiger partial charge in [-0.3, -0.25) is 19.6 Å². The molecule has 2 fully saturated rings. The van der Waals surface area contributed by atoms with Crippen molar-refractivity contribution in [3.8, 4) is 0 Å². The van der Waals surface area contributed by atoms with Crippen molar-refractivity contribution in [3.63, 3.8) is 0 Å². The highest BCUT2D eigenvalue weighted by molar-refractivity contribution is 5.94. The number of hydrogen-bond donors (Lipinski definition) is 4. The molecule has 0 spiro atoms. The molecule has 0 aliphatic carbocycles. The van der Waals surface area contributed by atoms with Crippen LogP contribution in [0, 0.1) is 11.3 Å². The Kier molecular flexibility index (Phi) is 8.26. The SMILES string of the molecule is CC(C)C[C@@]1(CC(=O)NO)CCN([C@@H](Cc2ccccc2)C(=O)NC2CCNCC2)C1=O. The molecule has 0 aromatic heterocycles. The lowest BCUT2D eigenvalue weighted by Crippen LogP contribution is -2.54. The number of amides is 3. The molecule has 1 aromatic rings. The Bertz CT molecular complexity index is 794. The first-order valence-electron chi connectivity index (χ1n) is 11.6. The lowest BCUT2D eigenvalue weighted by Gasteiger charge is -2.33. The fourth-order valence-electron chi connectivity index (χ4n) is 5.14. The first kappa shape index (κ1) is 24.2. The minimum Gasteiger partial charge on any atom is -0.351 e. The van der Waals surface area contributed by atoms with Crippen LogP contribution in [0.4, 0.5) is 0 Å². The number of carbonyl (C=O) groups is 3. The quantitative estimate of drug-likeness (QED) is 0.342. The normalized spacial score (nSPS) is 22.8. The highest BCUT2D eigenvalue weighted by Gasteiger charge is 2.51. The van der Waals surface area contributed by atoms with Crippen LogP contribution in [0.1, 0.15) is 51.5 Å². The van der Waals surface area contributed by atoms with Crippen molar-refractivity contribution in [2.45, 2.75) is 64.5 Å². The summed E-state index contributed by atoms with van der Waals surface area (Å²) in [5, 5.41) is 15.5. The number of piperidine rings is 1. The third kappa shape index (κ3) is 5.86. The Hall–Kier alpha value is -2.45. The lowest BCUT2D eigenvalue weighted by molar-refractivity contribution is -0.147. The Balaban J connectivity index is 1.84. The van der Waals surface area contributed by atoms with Gasteiger partial charge >= 0.3 is 0 Å². The smallest absolute Gasteiger partial charge is 0.244 e. The lowest BCUT2D eigenvalue weighted by atomic mass is 9.75. The van der Waals surface area contributed by atoms with E-state index in [-0.39, 0.29) is 30.2 Å². The Morgan fingerprint density at radius 2 is 1.91 bits per heavy atom. The molecule has 2 atom stereocenters. The zero-order valence-corrected chi connectivity index (χ0v) is 19.1. The number of hydrogen-bond acceptors (Lipinski definition) is 5. The van der Waals surface area contributed by atoms with Gasteiger partial charge in [-0.25, -0.2) is 5.48 Å². The van der Waals surface area contributed by atoms with Gasteiger partial charge in [-0.15, -0.1) is 0 Å². The van der Waals surface area contributed by atoms with E-state index in [1.165, 1.54) is 0 Å². The van der Waals surface area contributed by atoms with Crippen LogP contribution in [0.15, 0.2) is 30.3 Å². The highest BCUT2D eigenvalue weighted by Crippen LogP contribution is 2.42. The van der Waals surface area contributed by atoms with Crippen LogP contribution in [-0.2, 0) is 20.8 Å². The first-order valence-corrected chi connectivity index (χ1v) is 11.6. The maximum absolute atomic E-state index is 13.7. The second-order valence-corrected chi connectivity index (χ2v) is 9.58. The second kappa shape index (κ2) is 10.9. The van der Waals surface area contributed by atoms with E-state index in [1.807, 2.05) is 44.2 Å². The zero-order valence-electron chi connectivity index (χ0n) is 19.1. The van der Waals surface area contributed by atoms with Crippen molar-refractivity contribution < 1.29 is 19.6 Å². The van der Waals surface area contributed by atoms with E-state index in [0.29, 0.717) is 25.8 Å². The summed E-state index contributed by atoms with van der Waals surface area (Å²) in [7, 11) is 0. The maximum Gasteiger partial charge on any atom is 0.244 e. The number of nitrogens with zero attached hydrogens (tertiary/aromatic N) is 1. The standard InChI is InChI=1S/C24H36N4O4/c1-17(2)15-24(16-21(29)27-32)10-13-28(23(24)31)20(14-18-6-4-3-5-7-18)22(30)26-19-8-11-25-12-9-19/h3-7,17,19-20,25,32H,8-16H2,1-2H3,(H,26,30)(H,27,29)/t20-,24+/m0/s1. The van der Waals surface area contributed by atoms with E-state index in [2.05, 4.69) is 10.6 Å². The van der Waals surface area contributed by atoms with Gasteiger partial charge in [-0.05, 0) is 50.3 Å². The predicted octanol–water partition coefficient (Wildman–Crippen LogP) is 1.63. The van der Waals surface area contributed by atoms with E-state index in [4.69, 9.17) is 5.21 Å². The van der Waals surface area contributed by atoms with Gasteiger partial charge in [0.15, 0.2) is 0 Å². The maximum atomic E-state index is 13.7. The molecule has 0 bridgehead atoms. The van der Waals surface area contributed by atoms with E-state index >= 15 is 0 Å². The summed E-state index contributed by atoms with van der Waals surface area (Å²) in [4.78, 5) is 40.8. The topological polar surface area (TPSA) is 111 Å². The van der Waals surface area contributed by atoms with Crippen molar-refractivity contribution in [1.29, 1.82) is 0 Å². The predicted molar refractivity (Wildman–Crippen MR) is 121 cm³/mol. The fraction of sp³-hybridized carbons (Fsp3) is 0.625.